The lowest BCUT2D eigenvalue weighted by atomic mass is 10.4. The number of pyridine rings is 1. The summed E-state index contributed by atoms with van der Waals surface area (Å²) in [5.41, 5.74) is 0. The monoisotopic (exact) mass is 248 g/mol. The molecule has 1 rings (SSSR count). The van der Waals surface area contributed by atoms with E-state index in [4.69, 9.17) is 5.11 Å². The molecule has 2 atom stereocenters. The summed E-state index contributed by atoms with van der Waals surface area (Å²) in [5.74, 6) is 0.714. The minimum atomic E-state index is -0.0429. The van der Waals surface area contributed by atoms with Crippen LogP contribution >= 0.6 is 25.2 Å². The highest BCUT2D eigenvalue weighted by Gasteiger charge is 1.99. The zero-order chi connectivity index (χ0) is 8.97. The van der Waals surface area contributed by atoms with Crippen molar-refractivity contribution in [2.24, 2.45) is 0 Å². The van der Waals surface area contributed by atoms with Gasteiger partial charge in [-0.1, -0.05) is 0 Å². The van der Waals surface area contributed by atoms with E-state index in [1.54, 1.807) is 6.20 Å². The Morgan fingerprint density at radius 2 is 2.42 bits per heavy atom. The third-order valence-corrected chi connectivity index (χ3v) is 2.10. The predicted octanol–water partition coefficient (Wildman–Crippen LogP) is 1.45. The average molecular weight is 249 g/mol. The summed E-state index contributed by atoms with van der Waals surface area (Å²) in [7, 11) is 2.48. The Balaban J connectivity index is 2.58. The summed E-state index contributed by atoms with van der Waals surface area (Å²) >= 11 is 3.28. The Labute approximate surface area is 81.9 Å². The highest BCUT2D eigenvalue weighted by molar-refractivity contribution is 9.10. The molecule has 1 aromatic rings. The van der Waals surface area contributed by atoms with Gasteiger partial charge in [-0.05, 0) is 28.1 Å². The van der Waals surface area contributed by atoms with Gasteiger partial charge in [0.25, 0.3) is 0 Å². The zero-order valence-corrected chi connectivity index (χ0v) is 9.11. The Bertz CT molecular complexity index is 242. The molecule has 5 heteroatoms. The first kappa shape index (κ1) is 9.90. The Hall–Kier alpha value is -0.180. The number of aromatic nitrogens is 1. The van der Waals surface area contributed by atoms with Crippen molar-refractivity contribution >= 4 is 31.0 Å². The van der Waals surface area contributed by atoms with Gasteiger partial charge in [-0.25, -0.2) is 4.98 Å². The first-order valence-corrected chi connectivity index (χ1v) is 4.93. The highest BCUT2D eigenvalue weighted by Crippen LogP contribution is 2.12. The van der Waals surface area contributed by atoms with Crippen molar-refractivity contribution in [2.75, 3.05) is 11.9 Å². The molecule has 0 aliphatic heterocycles. The smallest absolute Gasteiger partial charge is 0.126 e. The molecule has 3 nitrogen and oxygen atoms in total. The number of rotatable bonds is 3. The van der Waals surface area contributed by atoms with Crippen LogP contribution in [0, 0.1) is 0 Å². The van der Waals surface area contributed by atoms with Gasteiger partial charge in [0.1, 0.15) is 5.82 Å². The molecule has 0 amide bonds. The first-order valence-electron chi connectivity index (χ1n) is 3.47. The van der Waals surface area contributed by atoms with Crippen LogP contribution in [0.1, 0.15) is 0 Å². The van der Waals surface area contributed by atoms with Gasteiger partial charge in [0.2, 0.25) is 0 Å². The molecule has 66 valence electrons. The van der Waals surface area contributed by atoms with Crippen molar-refractivity contribution in [3.63, 3.8) is 0 Å². The summed E-state index contributed by atoms with van der Waals surface area (Å²) in [6, 6.07) is 3.74. The third-order valence-electron chi connectivity index (χ3n) is 1.26. The Morgan fingerprint density at radius 3 is 2.92 bits per heavy atom. The number of nitrogens with zero attached hydrogens (tertiary/aromatic N) is 1. The van der Waals surface area contributed by atoms with Crippen LogP contribution in [-0.4, -0.2) is 22.5 Å². The van der Waals surface area contributed by atoms with E-state index in [0.29, 0.717) is 0 Å². The number of anilines is 1. The Kier molecular flexibility index (Phi) is 3.92. The molecule has 0 aliphatic rings. The number of hydrogen-bond acceptors (Lipinski definition) is 3. The fourth-order valence-corrected chi connectivity index (χ4v) is 1.10. The number of hydrogen-bond donors (Lipinski definition) is 2. The van der Waals surface area contributed by atoms with Crippen LogP contribution in [0.5, 0.6) is 0 Å². The molecule has 0 radical (unpaired) electrons. The lowest BCUT2D eigenvalue weighted by molar-refractivity contribution is 0.302. The van der Waals surface area contributed by atoms with Crippen LogP contribution in [0.4, 0.5) is 5.82 Å². The van der Waals surface area contributed by atoms with Crippen LogP contribution in [0.2, 0.25) is 0 Å². The van der Waals surface area contributed by atoms with Crippen molar-refractivity contribution < 1.29 is 5.11 Å². The molecule has 0 spiro atoms. The zero-order valence-electron chi connectivity index (χ0n) is 6.37. The minimum absolute atomic E-state index is 0.0429. The first-order chi connectivity index (χ1) is 5.72. The highest BCUT2D eigenvalue weighted by atomic mass is 79.9. The van der Waals surface area contributed by atoms with E-state index in [2.05, 4.69) is 35.5 Å². The van der Waals surface area contributed by atoms with Crippen molar-refractivity contribution in [1.29, 1.82) is 0 Å². The van der Waals surface area contributed by atoms with E-state index >= 15 is 0 Å². The van der Waals surface area contributed by atoms with Crippen LogP contribution in [0.25, 0.3) is 0 Å². The van der Waals surface area contributed by atoms with Crippen molar-refractivity contribution in [1.82, 2.24) is 4.98 Å². The topological polar surface area (TPSA) is 45.1 Å². The van der Waals surface area contributed by atoms with Crippen molar-refractivity contribution in [2.45, 2.75) is 5.78 Å². The molecule has 0 saturated heterocycles. The normalized spacial score (nSPS) is 12.6. The second-order valence-corrected chi connectivity index (χ2v) is 4.02. The molecule has 12 heavy (non-hydrogen) atoms. The lowest BCUT2D eigenvalue weighted by Crippen LogP contribution is -2.16. The molecule has 0 aromatic carbocycles. The van der Waals surface area contributed by atoms with Gasteiger partial charge < -0.3 is 10.4 Å². The lowest BCUT2D eigenvalue weighted by Gasteiger charge is -2.10. The second-order valence-electron chi connectivity index (χ2n) is 2.30. The Morgan fingerprint density at radius 1 is 1.67 bits per heavy atom. The van der Waals surface area contributed by atoms with E-state index < -0.39 is 0 Å². The molecule has 0 aliphatic carbocycles. The maximum atomic E-state index is 8.73. The van der Waals surface area contributed by atoms with Crippen LogP contribution in [-0.2, 0) is 0 Å². The van der Waals surface area contributed by atoms with Gasteiger partial charge >= 0.3 is 0 Å². The van der Waals surface area contributed by atoms with Gasteiger partial charge in [-0.2, -0.15) is 0 Å². The van der Waals surface area contributed by atoms with Crippen molar-refractivity contribution in [3.05, 3.63) is 22.8 Å². The van der Waals surface area contributed by atoms with Gasteiger partial charge in [-0.3, -0.25) is 0 Å². The fourth-order valence-electron chi connectivity index (χ4n) is 0.697. The SMILES string of the molecule is OC[C@@H](P)Nc1ccc(Br)cn1. The molecular formula is C7H10BrN2OP. The summed E-state index contributed by atoms with van der Waals surface area (Å²) in [5, 5.41) is 11.7. The largest absolute Gasteiger partial charge is 0.394 e. The fraction of sp³-hybridized carbons (Fsp3) is 0.286. The van der Waals surface area contributed by atoms with E-state index in [-0.39, 0.29) is 12.4 Å². The number of aliphatic hydroxyl groups excluding tert-OH is 1. The van der Waals surface area contributed by atoms with Crippen molar-refractivity contribution in [3.8, 4) is 0 Å². The van der Waals surface area contributed by atoms with Crippen LogP contribution in [0.3, 0.4) is 0 Å². The third kappa shape index (κ3) is 3.05. The number of nitrogens with one attached hydrogen (secondary N) is 1. The number of aliphatic hydroxyl groups is 1. The van der Waals surface area contributed by atoms with Gasteiger partial charge in [0.15, 0.2) is 0 Å². The molecule has 0 bridgehead atoms. The van der Waals surface area contributed by atoms with Gasteiger partial charge in [-0.15, -0.1) is 9.24 Å². The van der Waals surface area contributed by atoms with E-state index in [1.807, 2.05) is 12.1 Å². The second kappa shape index (κ2) is 4.75. The summed E-state index contributed by atoms with van der Waals surface area (Å²) in [6.45, 7) is 0.0718. The summed E-state index contributed by atoms with van der Waals surface area (Å²) in [4.78, 5) is 4.08. The molecule has 1 unspecified atom stereocenters. The van der Waals surface area contributed by atoms with E-state index in [0.717, 1.165) is 10.3 Å². The summed E-state index contributed by atoms with van der Waals surface area (Å²) in [6.07, 6.45) is 1.71. The molecule has 0 saturated carbocycles. The average Bonchev–Trinajstić information content (AvgIpc) is 2.09. The minimum Gasteiger partial charge on any atom is -0.394 e. The molecule has 0 fully saturated rings. The standard InChI is InChI=1S/C7H10BrN2OP/c8-5-1-2-6(9-3-5)10-7(12)4-11/h1-3,7,11H,4,12H2,(H,9,10)/t7-/m1/s1. The quantitative estimate of drug-likeness (QED) is 0.797. The van der Waals surface area contributed by atoms with Gasteiger partial charge in [0.05, 0.1) is 12.4 Å². The number of halogens is 1. The van der Waals surface area contributed by atoms with Crippen LogP contribution in [0.15, 0.2) is 22.8 Å². The molecular weight excluding hydrogens is 239 g/mol. The van der Waals surface area contributed by atoms with Gasteiger partial charge in [0, 0.05) is 10.7 Å². The van der Waals surface area contributed by atoms with E-state index in [9.17, 15) is 0 Å². The molecule has 2 N–H and O–H groups in total. The maximum absolute atomic E-state index is 8.73. The predicted molar refractivity (Wildman–Crippen MR) is 56.1 cm³/mol. The summed E-state index contributed by atoms with van der Waals surface area (Å²) < 4.78 is 0.942. The molecule has 1 heterocycles. The molecule has 1 aromatic heterocycles. The van der Waals surface area contributed by atoms with Crippen LogP contribution < -0.4 is 5.32 Å². The maximum Gasteiger partial charge on any atom is 0.126 e. The van der Waals surface area contributed by atoms with E-state index in [1.165, 1.54) is 0 Å².